The number of methoxy groups -OCH3 is 1. The predicted molar refractivity (Wildman–Crippen MR) is 128 cm³/mol. The molecule has 0 fully saturated rings. The average molecular weight is 467 g/mol. The van der Waals surface area contributed by atoms with Crippen molar-refractivity contribution in [3.05, 3.63) is 39.9 Å². The quantitative estimate of drug-likeness (QED) is 0.421. The van der Waals surface area contributed by atoms with Gasteiger partial charge in [0.2, 0.25) is 0 Å². The Labute approximate surface area is 195 Å². The Hall–Kier alpha value is -2.03. The van der Waals surface area contributed by atoms with E-state index in [1.807, 2.05) is 44.4 Å². The van der Waals surface area contributed by atoms with E-state index in [-0.39, 0.29) is 23.7 Å². The number of aliphatic hydroxyl groups excluding tert-OH is 1. The first-order valence-electron chi connectivity index (χ1n) is 10.9. The Morgan fingerprint density at radius 3 is 2.44 bits per heavy atom. The summed E-state index contributed by atoms with van der Waals surface area (Å²) >= 11 is 1.38. The number of rotatable bonds is 12. The number of aliphatic hydroxyl groups is 1. The summed E-state index contributed by atoms with van der Waals surface area (Å²) in [5, 5.41) is 15.7. The number of nitrogens with zero attached hydrogens (tertiary/aromatic N) is 1. The van der Waals surface area contributed by atoms with Crippen LogP contribution in [0.25, 0.3) is 0 Å². The molecule has 8 heteroatoms. The summed E-state index contributed by atoms with van der Waals surface area (Å²) in [6.07, 6.45) is 4.28. The molecule has 0 aromatic carbocycles. The summed E-state index contributed by atoms with van der Waals surface area (Å²) in [5.74, 6) is -0.0196. The van der Waals surface area contributed by atoms with Crippen molar-refractivity contribution in [2.45, 2.75) is 66.3 Å². The largest absolute Gasteiger partial charge is 0.439 e. The number of Topliss-reactive ketones (excluding diaryl/α,β-unsaturated/α-hetero) is 1. The van der Waals surface area contributed by atoms with E-state index in [1.54, 1.807) is 14.0 Å². The van der Waals surface area contributed by atoms with Gasteiger partial charge in [-0.2, -0.15) is 0 Å². The molecule has 1 aromatic rings. The Bertz CT molecular complexity index is 802. The maximum absolute atomic E-state index is 11.7. The zero-order chi connectivity index (χ0) is 24.4. The van der Waals surface area contributed by atoms with Crippen LogP contribution >= 0.6 is 11.3 Å². The number of aromatic nitrogens is 1. The molecular weight excluding hydrogens is 428 g/mol. The van der Waals surface area contributed by atoms with E-state index in [4.69, 9.17) is 9.47 Å². The van der Waals surface area contributed by atoms with E-state index in [2.05, 4.69) is 24.1 Å². The Kier molecular flexibility index (Phi) is 11.8. The van der Waals surface area contributed by atoms with Gasteiger partial charge in [-0.1, -0.05) is 45.9 Å². The van der Waals surface area contributed by atoms with Crippen molar-refractivity contribution in [2.75, 3.05) is 14.2 Å². The Balaban J connectivity index is 2.90. The van der Waals surface area contributed by atoms with Crippen LogP contribution in [-0.4, -0.2) is 42.2 Å². The van der Waals surface area contributed by atoms with Crippen LogP contribution in [0.2, 0.25) is 0 Å². The van der Waals surface area contributed by atoms with Crippen molar-refractivity contribution in [1.82, 2.24) is 10.3 Å². The summed E-state index contributed by atoms with van der Waals surface area (Å²) in [5.41, 5.74) is 1.49. The average Bonchev–Trinajstić information content (AvgIpc) is 3.22. The SMILES string of the molecule is CNC(=O)O[C@@H](CC(C)C)c1nc([C@@H](O)[C@@H](C)/C=C/C=C(\C)[C@@H](OC)[C@@H](C)C(C)=O)cs1. The molecule has 2 N–H and O–H groups in total. The topological polar surface area (TPSA) is 97.8 Å². The number of alkyl carbamates (subject to hydrolysis) is 1. The van der Waals surface area contributed by atoms with Crippen LogP contribution in [0.15, 0.2) is 29.2 Å². The lowest BCUT2D eigenvalue weighted by Gasteiger charge is -2.21. The van der Waals surface area contributed by atoms with Gasteiger partial charge in [0.15, 0.2) is 6.10 Å². The first-order chi connectivity index (χ1) is 15.0. The first kappa shape index (κ1) is 28.0. The second kappa shape index (κ2) is 13.5. The Morgan fingerprint density at radius 2 is 1.91 bits per heavy atom. The molecular formula is C24H38N2O5S. The third-order valence-corrected chi connectivity index (χ3v) is 6.28. The number of ether oxygens (including phenoxy) is 2. The van der Waals surface area contributed by atoms with Crippen LogP contribution in [0.1, 0.15) is 70.9 Å². The number of nitrogens with one attached hydrogen (secondary N) is 1. The highest BCUT2D eigenvalue weighted by molar-refractivity contribution is 7.09. The molecule has 0 spiro atoms. The van der Waals surface area contributed by atoms with Crippen molar-refractivity contribution < 1.29 is 24.2 Å². The van der Waals surface area contributed by atoms with Gasteiger partial charge in [-0.05, 0) is 31.8 Å². The maximum Gasteiger partial charge on any atom is 0.407 e. The summed E-state index contributed by atoms with van der Waals surface area (Å²) in [4.78, 5) is 27.9. The minimum absolute atomic E-state index is 0.0767. The number of hydrogen-bond acceptors (Lipinski definition) is 7. The molecule has 0 bridgehead atoms. The minimum atomic E-state index is -0.793. The first-order valence-corrected chi connectivity index (χ1v) is 11.8. The molecule has 1 amide bonds. The van der Waals surface area contributed by atoms with E-state index >= 15 is 0 Å². The third-order valence-electron chi connectivity index (χ3n) is 5.33. The lowest BCUT2D eigenvalue weighted by Crippen LogP contribution is -2.27. The van der Waals surface area contributed by atoms with E-state index in [0.29, 0.717) is 23.0 Å². The van der Waals surface area contributed by atoms with Gasteiger partial charge in [0.1, 0.15) is 16.9 Å². The molecule has 0 saturated carbocycles. The van der Waals surface area contributed by atoms with Gasteiger partial charge in [0, 0.05) is 31.4 Å². The molecule has 1 rings (SSSR count). The molecule has 0 aliphatic carbocycles. The summed E-state index contributed by atoms with van der Waals surface area (Å²) < 4.78 is 10.9. The van der Waals surface area contributed by atoms with Crippen molar-refractivity contribution >= 4 is 23.2 Å². The molecule has 180 valence electrons. The number of allylic oxidation sites excluding steroid dienone is 2. The fourth-order valence-corrected chi connectivity index (χ4v) is 4.14. The predicted octanol–water partition coefficient (Wildman–Crippen LogP) is 5.00. The molecule has 0 saturated heterocycles. The van der Waals surface area contributed by atoms with Crippen molar-refractivity contribution in [3.8, 4) is 0 Å². The number of ketones is 1. The van der Waals surface area contributed by atoms with Crippen molar-refractivity contribution in [2.24, 2.45) is 17.8 Å². The summed E-state index contributed by atoms with van der Waals surface area (Å²) in [6.45, 7) is 11.3. The lowest BCUT2D eigenvalue weighted by atomic mass is 9.94. The minimum Gasteiger partial charge on any atom is -0.439 e. The van der Waals surface area contributed by atoms with Gasteiger partial charge in [-0.15, -0.1) is 11.3 Å². The lowest BCUT2D eigenvalue weighted by molar-refractivity contribution is -0.123. The van der Waals surface area contributed by atoms with Gasteiger partial charge < -0.3 is 19.9 Å². The van der Waals surface area contributed by atoms with Gasteiger partial charge in [-0.25, -0.2) is 9.78 Å². The third kappa shape index (κ3) is 8.48. The zero-order valence-corrected chi connectivity index (χ0v) is 21.2. The van der Waals surface area contributed by atoms with Crippen LogP contribution in [0.4, 0.5) is 4.79 Å². The van der Waals surface area contributed by atoms with E-state index in [1.165, 1.54) is 18.4 Å². The second-order valence-electron chi connectivity index (χ2n) is 8.54. The fourth-order valence-electron chi connectivity index (χ4n) is 3.25. The van der Waals surface area contributed by atoms with Crippen molar-refractivity contribution in [1.29, 1.82) is 0 Å². The maximum atomic E-state index is 11.7. The number of hydrogen-bond donors (Lipinski definition) is 2. The highest BCUT2D eigenvalue weighted by Crippen LogP contribution is 2.31. The van der Waals surface area contributed by atoms with Crippen molar-refractivity contribution in [3.63, 3.8) is 0 Å². The second-order valence-corrected chi connectivity index (χ2v) is 9.43. The number of carbonyl (C=O) groups is 2. The molecule has 5 atom stereocenters. The summed E-state index contributed by atoms with van der Waals surface area (Å²) in [6, 6.07) is 0. The van der Waals surface area contributed by atoms with Crippen LogP contribution < -0.4 is 5.32 Å². The standard InChI is InChI=1S/C24H38N2O5S/c1-14(2)12-20(31-24(29)25-7)23-26-19(13-32-23)21(28)15(3)10-9-11-16(4)22(30-8)17(5)18(6)27/h9-11,13-15,17,20-22,28H,12H2,1-8H3,(H,25,29)/b10-9+,16-11+/t15-,17-,20-,21-,22+/m0/s1. The van der Waals surface area contributed by atoms with E-state index in [0.717, 1.165) is 5.57 Å². The monoisotopic (exact) mass is 466 g/mol. The fraction of sp³-hybridized carbons (Fsp3) is 0.625. The van der Waals surface area contributed by atoms with Gasteiger partial charge in [0.05, 0.1) is 11.8 Å². The number of amides is 1. The Morgan fingerprint density at radius 1 is 1.25 bits per heavy atom. The highest BCUT2D eigenvalue weighted by Gasteiger charge is 2.25. The number of carbonyl (C=O) groups excluding carboxylic acids is 2. The van der Waals surface area contributed by atoms with Crippen LogP contribution in [-0.2, 0) is 14.3 Å². The molecule has 0 unspecified atom stereocenters. The normalized spacial score (nSPS) is 17.1. The molecule has 1 aromatic heterocycles. The van der Waals surface area contributed by atoms with Crippen LogP contribution in [0, 0.1) is 17.8 Å². The molecule has 1 heterocycles. The van der Waals surface area contributed by atoms with Gasteiger partial charge >= 0.3 is 6.09 Å². The molecule has 0 aliphatic rings. The molecule has 32 heavy (non-hydrogen) atoms. The summed E-state index contributed by atoms with van der Waals surface area (Å²) in [7, 11) is 3.11. The van der Waals surface area contributed by atoms with Crippen LogP contribution in [0.3, 0.4) is 0 Å². The van der Waals surface area contributed by atoms with E-state index < -0.39 is 18.3 Å². The zero-order valence-electron chi connectivity index (χ0n) is 20.4. The molecule has 7 nitrogen and oxygen atoms in total. The van der Waals surface area contributed by atoms with Gasteiger partial charge in [0.25, 0.3) is 0 Å². The highest BCUT2D eigenvalue weighted by atomic mass is 32.1. The van der Waals surface area contributed by atoms with Gasteiger partial charge in [-0.3, -0.25) is 4.79 Å². The smallest absolute Gasteiger partial charge is 0.407 e. The number of thiazole rings is 1. The molecule has 0 aliphatic heterocycles. The molecule has 0 radical (unpaired) electrons. The van der Waals surface area contributed by atoms with E-state index in [9.17, 15) is 14.7 Å². The van der Waals surface area contributed by atoms with Crippen LogP contribution in [0.5, 0.6) is 0 Å².